The molecule has 0 aliphatic carbocycles. The number of hydrogen-bond acceptors (Lipinski definition) is 4. The van der Waals surface area contributed by atoms with Gasteiger partial charge in [0.1, 0.15) is 0 Å². The first kappa shape index (κ1) is 21.9. The van der Waals surface area contributed by atoms with Crippen molar-refractivity contribution in [3.8, 4) is 0 Å². The number of sulfone groups is 1. The maximum absolute atomic E-state index is 11.8. The van der Waals surface area contributed by atoms with E-state index in [1.54, 1.807) is 6.07 Å². The summed E-state index contributed by atoms with van der Waals surface area (Å²) in [6.45, 7) is 13.9. The lowest BCUT2D eigenvalue weighted by atomic mass is 10.2. The molecule has 5 heteroatoms. The maximum Gasteiger partial charge on any atom is 0.177 e. The molecule has 1 saturated heterocycles. The molecule has 0 N–H and O–H groups in total. The van der Waals surface area contributed by atoms with Crippen molar-refractivity contribution < 1.29 is 8.42 Å². The molecule has 1 heterocycles. The van der Waals surface area contributed by atoms with E-state index in [2.05, 4.69) is 30.7 Å². The molecule has 23 heavy (non-hydrogen) atoms. The first-order valence-electron chi connectivity index (χ1n) is 8.53. The van der Waals surface area contributed by atoms with E-state index in [4.69, 9.17) is 0 Å². The van der Waals surface area contributed by atoms with Crippen LogP contribution in [0.4, 0.5) is 5.69 Å². The van der Waals surface area contributed by atoms with Gasteiger partial charge in [-0.2, -0.15) is 0 Å². The number of hydrogen-bond donors (Lipinski definition) is 0. The van der Waals surface area contributed by atoms with Crippen molar-refractivity contribution in [2.75, 3.05) is 44.4 Å². The van der Waals surface area contributed by atoms with Gasteiger partial charge in [-0.3, -0.25) is 0 Å². The van der Waals surface area contributed by atoms with Gasteiger partial charge in [-0.1, -0.05) is 40.2 Å². The molecule has 0 unspecified atom stereocenters. The van der Waals surface area contributed by atoms with Crippen molar-refractivity contribution >= 4 is 15.5 Å². The quantitative estimate of drug-likeness (QED) is 0.823. The summed E-state index contributed by atoms with van der Waals surface area (Å²) in [5.74, 6) is 0. The number of aryl methyl sites for hydroxylation is 1. The highest BCUT2D eigenvalue weighted by Crippen LogP contribution is 2.27. The first-order valence-corrected chi connectivity index (χ1v) is 10.4. The van der Waals surface area contributed by atoms with Gasteiger partial charge in [0.25, 0.3) is 0 Å². The number of piperazine rings is 1. The Morgan fingerprint density at radius 3 is 1.96 bits per heavy atom. The average molecular weight is 343 g/mol. The lowest BCUT2D eigenvalue weighted by Gasteiger charge is -2.35. The van der Waals surface area contributed by atoms with Crippen LogP contribution in [-0.4, -0.2) is 52.8 Å². The van der Waals surface area contributed by atoms with Crippen LogP contribution in [0.25, 0.3) is 0 Å². The van der Waals surface area contributed by atoms with Gasteiger partial charge in [0.2, 0.25) is 0 Å². The predicted molar refractivity (Wildman–Crippen MR) is 101 cm³/mol. The Morgan fingerprint density at radius 2 is 1.52 bits per heavy atom. The van der Waals surface area contributed by atoms with Gasteiger partial charge in [0.05, 0.1) is 10.6 Å². The summed E-state index contributed by atoms with van der Waals surface area (Å²) in [7, 11) is -1.08. The second kappa shape index (κ2) is 10.7. The summed E-state index contributed by atoms with van der Waals surface area (Å²) < 4.78 is 23.7. The smallest absolute Gasteiger partial charge is 0.177 e. The van der Waals surface area contributed by atoms with Crippen molar-refractivity contribution in [1.82, 2.24) is 4.90 Å². The summed E-state index contributed by atoms with van der Waals surface area (Å²) in [4.78, 5) is 4.87. The Morgan fingerprint density at radius 1 is 1.04 bits per heavy atom. The zero-order valence-corrected chi connectivity index (χ0v) is 16.7. The molecule has 0 bridgehead atoms. The molecule has 2 rings (SSSR count). The van der Waals surface area contributed by atoms with Crippen molar-refractivity contribution in [3.63, 3.8) is 0 Å². The number of anilines is 1. The van der Waals surface area contributed by atoms with Crippen LogP contribution < -0.4 is 4.90 Å². The van der Waals surface area contributed by atoms with E-state index >= 15 is 0 Å². The fourth-order valence-electron chi connectivity index (χ4n) is 2.24. The number of rotatable bonds is 2. The zero-order chi connectivity index (χ0) is 18.0. The number of benzene rings is 1. The van der Waals surface area contributed by atoms with Crippen LogP contribution in [0.15, 0.2) is 23.1 Å². The van der Waals surface area contributed by atoms with Crippen LogP contribution in [-0.2, 0) is 9.84 Å². The molecule has 0 amide bonds. The van der Waals surface area contributed by atoms with E-state index in [-0.39, 0.29) is 0 Å². The van der Waals surface area contributed by atoms with Gasteiger partial charge in [-0.05, 0) is 31.7 Å². The second-order valence-corrected chi connectivity index (χ2v) is 7.72. The highest BCUT2D eigenvalue weighted by atomic mass is 32.2. The molecule has 1 fully saturated rings. The number of nitrogens with zero attached hydrogens (tertiary/aromatic N) is 2. The maximum atomic E-state index is 11.8. The molecule has 1 aliphatic heterocycles. The van der Waals surface area contributed by atoms with E-state index in [1.165, 1.54) is 12.7 Å². The first-order chi connectivity index (χ1) is 10.8. The van der Waals surface area contributed by atoms with Crippen LogP contribution in [0.5, 0.6) is 0 Å². The predicted octanol–water partition coefficient (Wildman–Crippen LogP) is 3.59. The zero-order valence-electron chi connectivity index (χ0n) is 15.9. The van der Waals surface area contributed by atoms with Gasteiger partial charge in [-0.15, -0.1) is 0 Å². The van der Waals surface area contributed by atoms with Crippen LogP contribution in [0, 0.1) is 6.92 Å². The van der Waals surface area contributed by atoms with Gasteiger partial charge in [0, 0.05) is 32.4 Å². The minimum absolute atomic E-state index is 0.442. The third kappa shape index (κ3) is 7.36. The van der Waals surface area contributed by atoms with E-state index in [0.717, 1.165) is 37.4 Å². The van der Waals surface area contributed by atoms with E-state index in [0.29, 0.717) is 4.90 Å². The second-order valence-electron chi connectivity index (χ2n) is 5.74. The summed E-state index contributed by atoms with van der Waals surface area (Å²) in [6.07, 6.45) is 2.53. The van der Waals surface area contributed by atoms with Crippen LogP contribution in [0.1, 0.15) is 39.7 Å². The lowest BCUT2D eigenvalue weighted by molar-refractivity contribution is 0.312. The summed E-state index contributed by atoms with van der Waals surface area (Å²) in [5.41, 5.74) is 1.95. The minimum atomic E-state index is -3.17. The van der Waals surface area contributed by atoms with E-state index in [1.807, 2.05) is 32.9 Å². The van der Waals surface area contributed by atoms with Crippen molar-refractivity contribution in [1.29, 1.82) is 0 Å². The van der Waals surface area contributed by atoms with Crippen molar-refractivity contribution in [2.24, 2.45) is 0 Å². The highest BCUT2D eigenvalue weighted by molar-refractivity contribution is 7.90. The molecule has 0 aromatic heterocycles. The molecular weight excluding hydrogens is 308 g/mol. The largest absolute Gasteiger partial charge is 0.368 e. The van der Waals surface area contributed by atoms with Crippen LogP contribution in [0.2, 0.25) is 0 Å². The Labute approximate surface area is 143 Å². The highest BCUT2D eigenvalue weighted by Gasteiger charge is 2.21. The fraction of sp³-hybridized carbons (Fsp3) is 0.667. The third-order valence-corrected chi connectivity index (χ3v) is 4.50. The molecule has 0 atom stereocenters. The van der Waals surface area contributed by atoms with E-state index in [9.17, 15) is 8.42 Å². The molecule has 1 aliphatic rings. The van der Waals surface area contributed by atoms with Crippen LogP contribution in [0.3, 0.4) is 0 Å². The molecule has 134 valence electrons. The molecule has 0 spiro atoms. The third-order valence-electron chi connectivity index (χ3n) is 3.36. The Kier molecular flexibility index (Phi) is 10.2. The normalized spacial score (nSPS) is 15.2. The van der Waals surface area contributed by atoms with Crippen molar-refractivity contribution in [3.05, 3.63) is 23.8 Å². The molecule has 0 radical (unpaired) electrons. The van der Waals surface area contributed by atoms with E-state index < -0.39 is 9.84 Å². The monoisotopic (exact) mass is 342 g/mol. The molecule has 1 aromatic rings. The standard InChI is InChI=1S/C13H20N2O2S.C3H8.C2H6/c1-11-4-5-13(18(3,16)17)12(10-11)15-8-6-14(2)7-9-15;1-3-2;1-2/h4-5,10H,6-9H2,1-3H3;3H2,1-2H3;1-2H3. The Hall–Kier alpha value is -1.07. The lowest BCUT2D eigenvalue weighted by Crippen LogP contribution is -2.44. The SMILES string of the molecule is CC.CCC.Cc1ccc(S(C)(=O)=O)c(N2CCN(C)CC2)c1. The minimum Gasteiger partial charge on any atom is -0.368 e. The topological polar surface area (TPSA) is 40.6 Å². The molecule has 1 aromatic carbocycles. The fourth-order valence-corrected chi connectivity index (χ4v) is 3.12. The molecule has 0 saturated carbocycles. The summed E-state index contributed by atoms with van der Waals surface area (Å²) in [5, 5.41) is 0. The van der Waals surface area contributed by atoms with Crippen molar-refractivity contribution in [2.45, 2.75) is 45.9 Å². The van der Waals surface area contributed by atoms with Gasteiger partial charge in [0.15, 0.2) is 9.84 Å². The average Bonchev–Trinajstić information content (AvgIpc) is 2.49. The van der Waals surface area contributed by atoms with Gasteiger partial charge < -0.3 is 9.80 Å². The Bertz CT molecular complexity index is 548. The van der Waals surface area contributed by atoms with Gasteiger partial charge >= 0.3 is 0 Å². The number of likely N-dealkylation sites (N-methyl/N-ethyl adjacent to an activating group) is 1. The summed E-state index contributed by atoms with van der Waals surface area (Å²) >= 11 is 0. The molecular formula is C18H34N2O2S. The van der Waals surface area contributed by atoms with Crippen LogP contribution >= 0.6 is 0 Å². The molecule has 4 nitrogen and oxygen atoms in total. The summed E-state index contributed by atoms with van der Waals surface area (Å²) in [6, 6.07) is 5.55. The van der Waals surface area contributed by atoms with Gasteiger partial charge in [-0.25, -0.2) is 8.42 Å². The Balaban J connectivity index is 0.000000868.